The van der Waals surface area contributed by atoms with Crippen LogP contribution in [0.2, 0.25) is 0 Å². The number of carbonyl (C=O) groups is 1. The summed E-state index contributed by atoms with van der Waals surface area (Å²) in [6.07, 6.45) is 1.73. The fraction of sp³-hybridized carbons (Fsp3) is 0.700. The zero-order chi connectivity index (χ0) is 11.2. The molecule has 0 aromatic carbocycles. The summed E-state index contributed by atoms with van der Waals surface area (Å²) in [5.41, 5.74) is -0.432. The molecule has 0 spiro atoms. The third-order valence-electron chi connectivity index (χ3n) is 1.17. The van der Waals surface area contributed by atoms with Crippen molar-refractivity contribution in [1.82, 2.24) is 0 Å². The van der Waals surface area contributed by atoms with Crippen LogP contribution in [0.15, 0.2) is 12.0 Å². The Kier molecular flexibility index (Phi) is 5.05. The second kappa shape index (κ2) is 5.52. The summed E-state index contributed by atoms with van der Waals surface area (Å²) in [6, 6.07) is 0. The van der Waals surface area contributed by atoms with Crippen molar-refractivity contribution in [3.63, 3.8) is 0 Å². The van der Waals surface area contributed by atoms with Gasteiger partial charge in [0, 0.05) is 0 Å². The van der Waals surface area contributed by atoms with Crippen molar-refractivity contribution >= 4 is 5.97 Å². The molecule has 0 amide bonds. The Bertz CT molecular complexity index is 213. The van der Waals surface area contributed by atoms with Crippen molar-refractivity contribution in [3.8, 4) is 0 Å². The van der Waals surface area contributed by atoms with Crippen LogP contribution >= 0.6 is 0 Å². The van der Waals surface area contributed by atoms with Crippen LogP contribution in [0.4, 0.5) is 0 Å². The third kappa shape index (κ3) is 6.34. The molecule has 0 aromatic rings. The van der Waals surface area contributed by atoms with E-state index in [-0.39, 0.29) is 0 Å². The van der Waals surface area contributed by atoms with E-state index >= 15 is 0 Å². The van der Waals surface area contributed by atoms with Crippen molar-refractivity contribution in [2.75, 3.05) is 6.61 Å². The minimum atomic E-state index is -0.754. The molecule has 4 heteroatoms. The van der Waals surface area contributed by atoms with Gasteiger partial charge in [0.1, 0.15) is 6.26 Å². The fourth-order valence-corrected chi connectivity index (χ4v) is 0.549. The third-order valence-corrected chi connectivity index (χ3v) is 1.17. The van der Waals surface area contributed by atoms with Crippen molar-refractivity contribution < 1.29 is 19.4 Å². The number of ether oxygens (including phenoxy) is 2. The number of aliphatic hydroxyl groups is 1. The van der Waals surface area contributed by atoms with Crippen LogP contribution in [0.5, 0.6) is 0 Å². The maximum absolute atomic E-state index is 11.0. The lowest BCUT2D eigenvalue weighted by atomic mass is 10.2. The summed E-state index contributed by atoms with van der Waals surface area (Å²) in [7, 11) is 0. The first-order valence-corrected chi connectivity index (χ1v) is 4.61. The van der Waals surface area contributed by atoms with E-state index in [2.05, 4.69) is 4.74 Å². The molecule has 0 aliphatic rings. The van der Waals surface area contributed by atoms with E-state index in [9.17, 15) is 4.79 Å². The summed E-state index contributed by atoms with van der Waals surface area (Å²) in [6.45, 7) is 7.61. The molecule has 0 fully saturated rings. The second-order valence-electron chi connectivity index (χ2n) is 3.87. The van der Waals surface area contributed by atoms with E-state index < -0.39 is 17.3 Å². The number of hydrogen-bond donors (Lipinski definition) is 1. The van der Waals surface area contributed by atoms with Crippen LogP contribution in [0, 0.1) is 0 Å². The predicted molar refractivity (Wildman–Crippen MR) is 52.8 cm³/mol. The average Bonchev–Trinajstić information content (AvgIpc) is 2.09. The largest absolute Gasteiger partial charge is 0.500 e. The van der Waals surface area contributed by atoms with E-state index in [1.54, 1.807) is 0 Å². The number of carbonyl (C=O) groups excluding carboxylic acids is 1. The van der Waals surface area contributed by atoms with Crippen molar-refractivity contribution in [2.45, 2.75) is 39.7 Å². The first-order chi connectivity index (χ1) is 6.37. The van der Waals surface area contributed by atoms with Gasteiger partial charge in [-0.15, -0.1) is 0 Å². The molecule has 0 aliphatic heterocycles. The summed E-state index contributed by atoms with van der Waals surface area (Å²) < 4.78 is 9.76. The zero-order valence-electron chi connectivity index (χ0n) is 9.16. The first-order valence-electron chi connectivity index (χ1n) is 4.61. The van der Waals surface area contributed by atoms with Crippen LogP contribution in [-0.2, 0) is 14.3 Å². The minimum Gasteiger partial charge on any atom is -0.500 e. The normalized spacial score (nSPS) is 12.4. The molecule has 14 heavy (non-hydrogen) atoms. The smallest absolute Gasteiger partial charge is 0.376 e. The Labute approximate surface area is 84.5 Å². The maximum atomic E-state index is 11.0. The Morgan fingerprint density at radius 3 is 2.43 bits per heavy atom. The number of aliphatic hydroxyl groups excluding tert-OH is 1. The lowest BCUT2D eigenvalue weighted by Crippen LogP contribution is -2.17. The van der Waals surface area contributed by atoms with Gasteiger partial charge in [0.2, 0.25) is 5.76 Å². The highest BCUT2D eigenvalue weighted by molar-refractivity contribution is 5.85. The number of hydrogen-bond acceptors (Lipinski definition) is 4. The molecule has 1 N–H and O–H groups in total. The first kappa shape index (κ1) is 12.8. The quantitative estimate of drug-likeness (QED) is 0.431. The molecule has 0 saturated heterocycles. The van der Waals surface area contributed by atoms with E-state index in [1.165, 1.54) is 0 Å². The van der Waals surface area contributed by atoms with Gasteiger partial charge in [-0.2, -0.15) is 0 Å². The minimum absolute atomic E-state index is 0.298. The number of rotatable bonds is 4. The molecule has 0 unspecified atom stereocenters. The summed E-state index contributed by atoms with van der Waals surface area (Å²) in [5, 5.41) is 9.17. The molecule has 0 aliphatic carbocycles. The van der Waals surface area contributed by atoms with Gasteiger partial charge in [0.25, 0.3) is 0 Å². The lowest BCUT2D eigenvalue weighted by molar-refractivity contribution is -0.142. The highest BCUT2D eigenvalue weighted by Gasteiger charge is 2.13. The lowest BCUT2D eigenvalue weighted by Gasteiger charge is -2.17. The van der Waals surface area contributed by atoms with Crippen LogP contribution in [0.1, 0.15) is 34.1 Å². The Balaban J connectivity index is 4.04. The summed E-state index contributed by atoms with van der Waals surface area (Å²) in [5.74, 6) is -1.26. The van der Waals surface area contributed by atoms with Gasteiger partial charge in [-0.3, -0.25) is 0 Å². The Morgan fingerprint density at radius 2 is 2.00 bits per heavy atom. The highest BCUT2D eigenvalue weighted by Crippen LogP contribution is 2.08. The second-order valence-corrected chi connectivity index (χ2v) is 3.87. The molecule has 0 aromatic heterocycles. The van der Waals surface area contributed by atoms with Crippen molar-refractivity contribution in [2.24, 2.45) is 0 Å². The van der Waals surface area contributed by atoms with Crippen LogP contribution < -0.4 is 0 Å². The Morgan fingerprint density at radius 1 is 1.43 bits per heavy atom. The van der Waals surface area contributed by atoms with E-state index in [0.29, 0.717) is 6.61 Å². The Hall–Kier alpha value is -1.19. The monoisotopic (exact) mass is 202 g/mol. The van der Waals surface area contributed by atoms with E-state index in [1.807, 2.05) is 27.7 Å². The SMILES string of the molecule is CCCOC(=O)C(O)=COC(C)(C)C. The molecule has 0 atom stereocenters. The summed E-state index contributed by atoms with van der Waals surface area (Å²) in [4.78, 5) is 11.0. The van der Waals surface area contributed by atoms with Gasteiger partial charge in [-0.1, -0.05) is 6.92 Å². The molecule has 0 heterocycles. The van der Waals surface area contributed by atoms with Crippen LogP contribution in [0.25, 0.3) is 0 Å². The van der Waals surface area contributed by atoms with Crippen LogP contribution in [0.3, 0.4) is 0 Å². The van der Waals surface area contributed by atoms with Crippen molar-refractivity contribution in [3.05, 3.63) is 12.0 Å². The van der Waals surface area contributed by atoms with Gasteiger partial charge >= 0.3 is 5.97 Å². The highest BCUT2D eigenvalue weighted by atomic mass is 16.6. The van der Waals surface area contributed by atoms with E-state index in [4.69, 9.17) is 9.84 Å². The topological polar surface area (TPSA) is 55.8 Å². The fourth-order valence-electron chi connectivity index (χ4n) is 0.549. The molecular weight excluding hydrogens is 184 g/mol. The maximum Gasteiger partial charge on any atom is 0.376 e. The van der Waals surface area contributed by atoms with Gasteiger partial charge in [-0.25, -0.2) is 4.79 Å². The summed E-state index contributed by atoms with van der Waals surface area (Å²) >= 11 is 0. The van der Waals surface area contributed by atoms with Crippen LogP contribution in [-0.4, -0.2) is 23.3 Å². The van der Waals surface area contributed by atoms with Gasteiger partial charge in [0.05, 0.1) is 12.2 Å². The van der Waals surface area contributed by atoms with Gasteiger partial charge < -0.3 is 14.6 Å². The average molecular weight is 202 g/mol. The molecular formula is C10H18O4. The molecule has 0 radical (unpaired) electrons. The predicted octanol–water partition coefficient (Wildman–Crippen LogP) is 2.15. The zero-order valence-corrected chi connectivity index (χ0v) is 9.16. The number of esters is 1. The molecule has 0 saturated carbocycles. The molecule has 4 nitrogen and oxygen atoms in total. The van der Waals surface area contributed by atoms with E-state index in [0.717, 1.165) is 12.7 Å². The van der Waals surface area contributed by atoms with Gasteiger partial charge in [0.15, 0.2) is 0 Å². The molecule has 82 valence electrons. The molecule has 0 bridgehead atoms. The standard InChI is InChI=1S/C10H18O4/c1-5-6-13-9(12)8(11)7-14-10(2,3)4/h7,11H,5-6H2,1-4H3. The van der Waals surface area contributed by atoms with Crippen molar-refractivity contribution in [1.29, 1.82) is 0 Å². The van der Waals surface area contributed by atoms with Gasteiger partial charge in [-0.05, 0) is 27.2 Å². The molecule has 0 rings (SSSR count).